The molecule has 2 rings (SSSR count). The Hall–Kier alpha value is -2.44. The van der Waals surface area contributed by atoms with Gasteiger partial charge in [0.2, 0.25) is 11.8 Å². The van der Waals surface area contributed by atoms with E-state index < -0.39 is 18.2 Å². The van der Waals surface area contributed by atoms with Gasteiger partial charge in [0.15, 0.2) is 0 Å². The predicted octanol–water partition coefficient (Wildman–Crippen LogP) is 3.98. The molecule has 0 aromatic heterocycles. The summed E-state index contributed by atoms with van der Waals surface area (Å²) in [5, 5.41) is 5.92. The third kappa shape index (κ3) is 5.27. The third-order valence-electron chi connectivity index (χ3n) is 3.21. The Labute approximate surface area is 155 Å². The lowest BCUT2D eigenvalue weighted by Gasteiger charge is -2.12. The topological polar surface area (TPSA) is 76.7 Å². The van der Waals surface area contributed by atoms with Crippen molar-refractivity contribution in [2.75, 3.05) is 24.9 Å². The van der Waals surface area contributed by atoms with Crippen LogP contribution in [0.15, 0.2) is 36.4 Å². The van der Waals surface area contributed by atoms with Crippen molar-refractivity contribution in [3.05, 3.63) is 46.4 Å². The van der Waals surface area contributed by atoms with Gasteiger partial charge in [-0.05, 0) is 30.3 Å². The molecule has 0 aliphatic rings. The first kappa shape index (κ1) is 18.9. The zero-order valence-corrected chi connectivity index (χ0v) is 15.1. The van der Waals surface area contributed by atoms with Crippen molar-refractivity contribution in [2.45, 2.75) is 6.42 Å². The van der Waals surface area contributed by atoms with Crippen molar-refractivity contribution in [3.8, 4) is 11.5 Å². The Kier molecular flexibility index (Phi) is 6.50. The van der Waals surface area contributed by atoms with Gasteiger partial charge < -0.3 is 20.1 Å². The number of amides is 2. The summed E-state index contributed by atoms with van der Waals surface area (Å²) in [5.41, 5.74) is 0.774. The van der Waals surface area contributed by atoms with Crippen LogP contribution in [0.1, 0.15) is 6.42 Å². The molecule has 0 aliphatic heterocycles. The standard InChI is InChI=1S/C17H16Cl2N2O4/c1-24-11-4-6-13(15(8-11)25-2)20-16(22)9-17(23)21-14-7-10(18)3-5-12(14)19/h3-8H,9H2,1-2H3,(H,20,22)(H,21,23). The van der Waals surface area contributed by atoms with E-state index >= 15 is 0 Å². The number of hydrogen-bond acceptors (Lipinski definition) is 4. The molecule has 8 heteroatoms. The lowest BCUT2D eigenvalue weighted by Crippen LogP contribution is -2.21. The minimum Gasteiger partial charge on any atom is -0.497 e. The lowest BCUT2D eigenvalue weighted by atomic mass is 10.2. The monoisotopic (exact) mass is 382 g/mol. The molecule has 0 heterocycles. The smallest absolute Gasteiger partial charge is 0.233 e. The maximum absolute atomic E-state index is 12.1. The van der Waals surface area contributed by atoms with Gasteiger partial charge in [-0.15, -0.1) is 0 Å². The summed E-state index contributed by atoms with van der Waals surface area (Å²) in [6.45, 7) is 0. The number of nitrogens with one attached hydrogen (secondary N) is 2. The lowest BCUT2D eigenvalue weighted by molar-refractivity contribution is -0.123. The molecule has 132 valence electrons. The number of methoxy groups -OCH3 is 2. The number of hydrogen-bond donors (Lipinski definition) is 2. The molecule has 6 nitrogen and oxygen atoms in total. The van der Waals surface area contributed by atoms with Gasteiger partial charge in [0.25, 0.3) is 0 Å². The number of carbonyl (C=O) groups is 2. The first-order valence-corrected chi connectivity index (χ1v) is 7.95. The fraction of sp³-hybridized carbons (Fsp3) is 0.176. The molecule has 0 radical (unpaired) electrons. The fourth-order valence-electron chi connectivity index (χ4n) is 2.03. The molecular weight excluding hydrogens is 367 g/mol. The molecule has 2 amide bonds. The molecule has 0 fully saturated rings. The summed E-state index contributed by atoms with van der Waals surface area (Å²) < 4.78 is 10.3. The molecule has 0 bridgehead atoms. The van der Waals surface area contributed by atoms with Crippen LogP contribution in [0, 0.1) is 0 Å². The molecule has 25 heavy (non-hydrogen) atoms. The average molecular weight is 383 g/mol. The zero-order chi connectivity index (χ0) is 18.4. The highest BCUT2D eigenvalue weighted by atomic mass is 35.5. The zero-order valence-electron chi connectivity index (χ0n) is 13.6. The summed E-state index contributed by atoms with van der Waals surface area (Å²) >= 11 is 11.8. The van der Waals surface area contributed by atoms with Crippen LogP contribution in [-0.2, 0) is 9.59 Å². The number of halogens is 2. The van der Waals surface area contributed by atoms with E-state index in [9.17, 15) is 9.59 Å². The van der Waals surface area contributed by atoms with Crippen LogP contribution < -0.4 is 20.1 Å². The Morgan fingerprint density at radius 1 is 0.920 bits per heavy atom. The van der Waals surface area contributed by atoms with Crippen LogP contribution in [0.3, 0.4) is 0 Å². The van der Waals surface area contributed by atoms with E-state index in [1.54, 1.807) is 30.3 Å². The summed E-state index contributed by atoms with van der Waals surface area (Å²) in [6, 6.07) is 9.59. The van der Waals surface area contributed by atoms with Crippen molar-refractivity contribution in [1.29, 1.82) is 0 Å². The summed E-state index contributed by atoms with van der Waals surface area (Å²) in [7, 11) is 3.00. The minimum absolute atomic E-state index is 0.329. The van der Waals surface area contributed by atoms with Gasteiger partial charge in [0.1, 0.15) is 17.9 Å². The second kappa shape index (κ2) is 8.60. The Morgan fingerprint density at radius 2 is 1.60 bits per heavy atom. The molecule has 2 aromatic rings. The van der Waals surface area contributed by atoms with E-state index in [-0.39, 0.29) is 0 Å². The maximum Gasteiger partial charge on any atom is 0.233 e. The molecule has 0 saturated heterocycles. The van der Waals surface area contributed by atoms with E-state index in [2.05, 4.69) is 10.6 Å². The van der Waals surface area contributed by atoms with Gasteiger partial charge in [-0.2, -0.15) is 0 Å². The third-order valence-corrected chi connectivity index (χ3v) is 3.77. The minimum atomic E-state index is -0.519. The van der Waals surface area contributed by atoms with E-state index in [1.807, 2.05) is 0 Å². The number of benzene rings is 2. The number of rotatable bonds is 6. The van der Waals surface area contributed by atoms with Crippen LogP contribution in [0.4, 0.5) is 11.4 Å². The van der Waals surface area contributed by atoms with Gasteiger partial charge >= 0.3 is 0 Å². The number of anilines is 2. The highest BCUT2D eigenvalue weighted by Crippen LogP contribution is 2.29. The van der Waals surface area contributed by atoms with Gasteiger partial charge in [-0.25, -0.2) is 0 Å². The van der Waals surface area contributed by atoms with Crippen molar-refractivity contribution >= 4 is 46.4 Å². The predicted molar refractivity (Wildman–Crippen MR) is 97.9 cm³/mol. The maximum atomic E-state index is 12.1. The van der Waals surface area contributed by atoms with Crippen molar-refractivity contribution < 1.29 is 19.1 Å². The second-order valence-electron chi connectivity index (χ2n) is 4.96. The molecule has 0 spiro atoms. The quantitative estimate of drug-likeness (QED) is 0.740. The van der Waals surface area contributed by atoms with Crippen LogP contribution in [0.25, 0.3) is 0 Å². The summed E-state index contributed by atoms with van der Waals surface area (Å²) in [6.07, 6.45) is -0.391. The van der Waals surface area contributed by atoms with Gasteiger partial charge in [-0.1, -0.05) is 23.2 Å². The first-order valence-electron chi connectivity index (χ1n) is 7.19. The molecule has 2 aromatic carbocycles. The van der Waals surface area contributed by atoms with E-state index in [1.165, 1.54) is 20.3 Å². The Morgan fingerprint density at radius 3 is 2.24 bits per heavy atom. The average Bonchev–Trinajstić information content (AvgIpc) is 2.58. The molecule has 0 atom stereocenters. The van der Waals surface area contributed by atoms with Crippen molar-refractivity contribution in [3.63, 3.8) is 0 Å². The van der Waals surface area contributed by atoms with E-state index in [0.29, 0.717) is 32.9 Å². The molecule has 0 aliphatic carbocycles. The largest absolute Gasteiger partial charge is 0.497 e. The Balaban J connectivity index is 2.00. The van der Waals surface area contributed by atoms with Crippen LogP contribution in [-0.4, -0.2) is 26.0 Å². The SMILES string of the molecule is COc1ccc(NC(=O)CC(=O)Nc2cc(Cl)ccc2Cl)c(OC)c1. The number of carbonyl (C=O) groups excluding carboxylic acids is 2. The molecule has 0 unspecified atom stereocenters. The van der Waals surface area contributed by atoms with Crippen LogP contribution >= 0.6 is 23.2 Å². The van der Waals surface area contributed by atoms with Crippen molar-refractivity contribution in [2.24, 2.45) is 0 Å². The second-order valence-corrected chi connectivity index (χ2v) is 5.81. The highest BCUT2D eigenvalue weighted by molar-refractivity contribution is 6.35. The molecule has 0 saturated carbocycles. The highest BCUT2D eigenvalue weighted by Gasteiger charge is 2.14. The van der Waals surface area contributed by atoms with Crippen LogP contribution in [0.5, 0.6) is 11.5 Å². The molecule has 2 N–H and O–H groups in total. The molecular formula is C17H16Cl2N2O4. The van der Waals surface area contributed by atoms with E-state index in [0.717, 1.165) is 0 Å². The van der Waals surface area contributed by atoms with E-state index in [4.69, 9.17) is 32.7 Å². The summed E-state index contributed by atoms with van der Waals surface area (Å²) in [4.78, 5) is 24.1. The van der Waals surface area contributed by atoms with Crippen LogP contribution in [0.2, 0.25) is 10.0 Å². The normalized spacial score (nSPS) is 10.1. The van der Waals surface area contributed by atoms with Gasteiger partial charge in [0, 0.05) is 11.1 Å². The fourth-order valence-corrected chi connectivity index (χ4v) is 2.37. The Bertz CT molecular complexity index is 796. The van der Waals surface area contributed by atoms with Gasteiger partial charge in [-0.3, -0.25) is 9.59 Å². The first-order chi connectivity index (χ1) is 11.9. The summed E-state index contributed by atoms with van der Waals surface area (Å²) in [5.74, 6) is -0.0116. The van der Waals surface area contributed by atoms with Crippen molar-refractivity contribution in [1.82, 2.24) is 0 Å². The number of ether oxygens (including phenoxy) is 2. The van der Waals surface area contributed by atoms with Gasteiger partial charge in [0.05, 0.1) is 30.6 Å².